The SMILES string of the molecule is CCCC/C=C/CCCCCCCCCCOC[C@@H]1OC[C@@H](O)[C@H](O)[C@H]1O. The zero-order chi connectivity index (χ0) is 19.7. The first-order valence-electron chi connectivity index (χ1n) is 11.0. The van der Waals surface area contributed by atoms with Crippen LogP contribution in [0.4, 0.5) is 0 Å². The van der Waals surface area contributed by atoms with Crippen LogP contribution < -0.4 is 0 Å². The fourth-order valence-corrected chi connectivity index (χ4v) is 3.30. The predicted octanol–water partition coefficient (Wildman–Crippen LogP) is 3.74. The number of hydrogen-bond donors (Lipinski definition) is 3. The van der Waals surface area contributed by atoms with E-state index >= 15 is 0 Å². The highest BCUT2D eigenvalue weighted by Gasteiger charge is 2.37. The van der Waals surface area contributed by atoms with Crippen molar-refractivity contribution in [2.75, 3.05) is 19.8 Å². The van der Waals surface area contributed by atoms with Crippen molar-refractivity contribution < 1.29 is 24.8 Å². The van der Waals surface area contributed by atoms with Gasteiger partial charge in [0.1, 0.15) is 24.4 Å². The minimum atomic E-state index is -1.15. The molecule has 1 aliphatic heterocycles. The van der Waals surface area contributed by atoms with Crippen molar-refractivity contribution in [1.29, 1.82) is 0 Å². The van der Waals surface area contributed by atoms with E-state index in [4.69, 9.17) is 9.47 Å². The molecule has 1 fully saturated rings. The highest BCUT2D eigenvalue weighted by molar-refractivity contribution is 4.86. The average molecular weight is 387 g/mol. The maximum absolute atomic E-state index is 9.81. The van der Waals surface area contributed by atoms with Crippen LogP contribution in [0.15, 0.2) is 12.2 Å². The zero-order valence-corrected chi connectivity index (χ0v) is 17.2. The lowest BCUT2D eigenvalue weighted by atomic mass is 10.0. The van der Waals surface area contributed by atoms with Crippen molar-refractivity contribution in [2.45, 2.75) is 108 Å². The summed E-state index contributed by atoms with van der Waals surface area (Å²) in [6.45, 7) is 3.19. The van der Waals surface area contributed by atoms with Gasteiger partial charge in [0.15, 0.2) is 0 Å². The minimum absolute atomic E-state index is 0.0431. The second-order valence-corrected chi connectivity index (χ2v) is 7.73. The Morgan fingerprint density at radius 2 is 1.41 bits per heavy atom. The van der Waals surface area contributed by atoms with E-state index < -0.39 is 24.4 Å². The standard InChI is InChI=1S/C22H42O5/c1-2-3-4-5-6-7-8-9-10-11-12-13-14-15-16-26-18-20-22(25)21(24)19(23)17-27-20/h5-6,19-25H,2-4,7-18H2,1H3/b6-5+/t19-,20+,21+,22+/m1/s1. The number of hydrogen-bond acceptors (Lipinski definition) is 5. The summed E-state index contributed by atoms with van der Waals surface area (Å²) >= 11 is 0. The Hall–Kier alpha value is -0.460. The molecule has 0 radical (unpaired) electrons. The Labute approximate surface area is 165 Å². The Morgan fingerprint density at radius 3 is 2.07 bits per heavy atom. The molecule has 3 N–H and O–H groups in total. The first-order valence-corrected chi connectivity index (χ1v) is 11.0. The van der Waals surface area contributed by atoms with Crippen LogP contribution in [0.2, 0.25) is 0 Å². The van der Waals surface area contributed by atoms with Gasteiger partial charge in [0, 0.05) is 6.61 Å². The molecule has 1 heterocycles. The minimum Gasteiger partial charge on any atom is -0.388 e. The summed E-state index contributed by atoms with van der Waals surface area (Å²) < 4.78 is 10.9. The van der Waals surface area contributed by atoms with Crippen molar-refractivity contribution in [3.05, 3.63) is 12.2 Å². The summed E-state index contributed by atoms with van der Waals surface area (Å²) in [4.78, 5) is 0. The van der Waals surface area contributed by atoms with E-state index in [1.54, 1.807) is 0 Å². The lowest BCUT2D eigenvalue weighted by molar-refractivity contribution is -0.199. The van der Waals surface area contributed by atoms with Gasteiger partial charge in [-0.25, -0.2) is 0 Å². The van der Waals surface area contributed by atoms with Gasteiger partial charge in [-0.3, -0.25) is 0 Å². The Morgan fingerprint density at radius 1 is 0.815 bits per heavy atom. The van der Waals surface area contributed by atoms with E-state index in [1.165, 1.54) is 64.2 Å². The lowest BCUT2D eigenvalue weighted by Crippen LogP contribution is -2.54. The second kappa shape index (κ2) is 16.5. The normalized spacial score (nSPS) is 26.1. The van der Waals surface area contributed by atoms with Gasteiger partial charge in [-0.1, -0.05) is 70.4 Å². The van der Waals surface area contributed by atoms with E-state index in [0.29, 0.717) is 6.61 Å². The summed E-state index contributed by atoms with van der Waals surface area (Å²) in [5.74, 6) is 0. The lowest BCUT2D eigenvalue weighted by Gasteiger charge is -2.35. The van der Waals surface area contributed by atoms with Gasteiger partial charge in [0.25, 0.3) is 0 Å². The Bertz CT molecular complexity index is 361. The maximum atomic E-state index is 9.81. The first-order chi connectivity index (χ1) is 13.2. The molecule has 1 aliphatic rings. The molecule has 1 saturated heterocycles. The molecule has 0 bridgehead atoms. The van der Waals surface area contributed by atoms with Crippen LogP contribution >= 0.6 is 0 Å². The zero-order valence-electron chi connectivity index (χ0n) is 17.2. The smallest absolute Gasteiger partial charge is 0.111 e. The molecule has 0 unspecified atom stereocenters. The number of aliphatic hydroxyl groups is 3. The van der Waals surface area contributed by atoms with Crippen LogP contribution in [0, 0.1) is 0 Å². The van der Waals surface area contributed by atoms with Crippen LogP contribution in [-0.2, 0) is 9.47 Å². The van der Waals surface area contributed by atoms with Crippen LogP contribution in [0.5, 0.6) is 0 Å². The molecule has 1 rings (SSSR count). The monoisotopic (exact) mass is 386 g/mol. The third-order valence-corrected chi connectivity index (χ3v) is 5.19. The molecule has 5 nitrogen and oxygen atoms in total. The molecular weight excluding hydrogens is 344 g/mol. The number of ether oxygens (including phenoxy) is 2. The van der Waals surface area contributed by atoms with E-state index in [1.807, 2.05) is 0 Å². The average Bonchev–Trinajstić information content (AvgIpc) is 2.67. The molecule has 0 aromatic rings. The topological polar surface area (TPSA) is 79.2 Å². The van der Waals surface area contributed by atoms with E-state index in [9.17, 15) is 15.3 Å². The largest absolute Gasteiger partial charge is 0.388 e. The van der Waals surface area contributed by atoms with Crippen LogP contribution in [0.25, 0.3) is 0 Å². The predicted molar refractivity (Wildman–Crippen MR) is 109 cm³/mol. The first kappa shape index (κ1) is 24.6. The van der Waals surface area contributed by atoms with E-state index in [0.717, 1.165) is 12.8 Å². The van der Waals surface area contributed by atoms with Crippen LogP contribution in [0.1, 0.15) is 84.0 Å². The molecule has 5 heteroatoms. The van der Waals surface area contributed by atoms with Gasteiger partial charge < -0.3 is 24.8 Å². The molecule has 160 valence electrons. The van der Waals surface area contributed by atoms with Gasteiger partial charge in [0.05, 0.1) is 13.2 Å². The highest BCUT2D eigenvalue weighted by Crippen LogP contribution is 2.16. The van der Waals surface area contributed by atoms with Gasteiger partial charge in [-0.2, -0.15) is 0 Å². The van der Waals surface area contributed by atoms with Crippen molar-refractivity contribution in [3.8, 4) is 0 Å². The van der Waals surface area contributed by atoms with Crippen molar-refractivity contribution in [3.63, 3.8) is 0 Å². The molecule has 0 aromatic carbocycles. The third-order valence-electron chi connectivity index (χ3n) is 5.19. The van der Waals surface area contributed by atoms with Crippen molar-refractivity contribution >= 4 is 0 Å². The molecule has 27 heavy (non-hydrogen) atoms. The van der Waals surface area contributed by atoms with Crippen molar-refractivity contribution in [2.24, 2.45) is 0 Å². The van der Waals surface area contributed by atoms with E-state index in [-0.39, 0.29) is 13.2 Å². The van der Waals surface area contributed by atoms with Gasteiger partial charge >= 0.3 is 0 Å². The highest BCUT2D eigenvalue weighted by atomic mass is 16.6. The maximum Gasteiger partial charge on any atom is 0.111 e. The van der Waals surface area contributed by atoms with Crippen LogP contribution in [-0.4, -0.2) is 59.6 Å². The Kier molecular flexibility index (Phi) is 15.0. The molecule has 4 atom stereocenters. The van der Waals surface area contributed by atoms with Crippen LogP contribution in [0.3, 0.4) is 0 Å². The van der Waals surface area contributed by atoms with Crippen molar-refractivity contribution in [1.82, 2.24) is 0 Å². The molecule has 0 amide bonds. The summed E-state index contributed by atoms with van der Waals surface area (Å²) in [7, 11) is 0. The quantitative estimate of drug-likeness (QED) is 0.278. The molecule has 0 spiro atoms. The summed E-state index contributed by atoms with van der Waals surface area (Å²) in [6.07, 6.45) is 16.0. The fraction of sp³-hybridized carbons (Fsp3) is 0.909. The van der Waals surface area contributed by atoms with E-state index in [2.05, 4.69) is 19.1 Å². The molecule has 0 aromatic heterocycles. The summed E-state index contributed by atoms with van der Waals surface area (Å²) in [5, 5.41) is 28.8. The third kappa shape index (κ3) is 11.9. The molecule has 0 saturated carbocycles. The van der Waals surface area contributed by atoms with Gasteiger partial charge in [0.2, 0.25) is 0 Å². The molecular formula is C22H42O5. The molecule has 0 aliphatic carbocycles. The number of aliphatic hydroxyl groups excluding tert-OH is 3. The fourth-order valence-electron chi connectivity index (χ4n) is 3.30. The number of unbranched alkanes of at least 4 members (excludes halogenated alkanes) is 10. The number of allylic oxidation sites excluding steroid dienone is 2. The van der Waals surface area contributed by atoms with Gasteiger partial charge in [-0.15, -0.1) is 0 Å². The Balaban J connectivity index is 1.81. The van der Waals surface area contributed by atoms with Gasteiger partial charge in [-0.05, 0) is 25.7 Å². The summed E-state index contributed by atoms with van der Waals surface area (Å²) in [6, 6.07) is 0. The second-order valence-electron chi connectivity index (χ2n) is 7.73. The summed E-state index contributed by atoms with van der Waals surface area (Å²) in [5.41, 5.74) is 0. The number of rotatable bonds is 16.